The fourth-order valence-electron chi connectivity index (χ4n) is 2.15. The molecule has 0 aliphatic carbocycles. The van der Waals surface area contributed by atoms with Gasteiger partial charge in [0.1, 0.15) is 6.33 Å². The molecule has 5 nitrogen and oxygen atoms in total. The number of hydrogen-bond acceptors (Lipinski definition) is 4. The second-order valence-corrected chi connectivity index (χ2v) is 3.86. The Bertz CT molecular complexity index is 844. The molecule has 4 aromatic rings. The molecule has 0 radical (unpaired) electrons. The van der Waals surface area contributed by atoms with Crippen molar-refractivity contribution in [3.63, 3.8) is 0 Å². The molecule has 0 saturated heterocycles. The third-order valence-corrected chi connectivity index (χ3v) is 2.91. The highest BCUT2D eigenvalue weighted by Gasteiger charge is 2.07. The number of fused-ring (bicyclic) bond motifs is 2. The van der Waals surface area contributed by atoms with E-state index in [1.54, 1.807) is 12.4 Å². The van der Waals surface area contributed by atoms with Crippen LogP contribution in [0.3, 0.4) is 0 Å². The van der Waals surface area contributed by atoms with Gasteiger partial charge in [-0.3, -0.25) is 4.98 Å². The van der Waals surface area contributed by atoms with Crippen molar-refractivity contribution in [2.24, 2.45) is 0 Å². The van der Waals surface area contributed by atoms with E-state index in [1.807, 2.05) is 18.6 Å². The predicted molar refractivity (Wildman–Crippen MR) is 64.5 cm³/mol. The van der Waals surface area contributed by atoms with E-state index in [9.17, 15) is 0 Å². The first-order chi connectivity index (χ1) is 8.43. The molecule has 0 aliphatic rings. The molecule has 0 saturated carbocycles. The number of H-pyrrole nitrogens is 1. The first-order valence-corrected chi connectivity index (χ1v) is 5.23. The highest BCUT2D eigenvalue weighted by Crippen LogP contribution is 2.27. The van der Waals surface area contributed by atoms with Gasteiger partial charge in [0, 0.05) is 52.5 Å². The van der Waals surface area contributed by atoms with Gasteiger partial charge in [-0.25, -0.2) is 15.0 Å². The third-order valence-electron chi connectivity index (χ3n) is 2.91. The molecule has 0 aromatic carbocycles. The van der Waals surface area contributed by atoms with E-state index < -0.39 is 0 Å². The van der Waals surface area contributed by atoms with Crippen LogP contribution >= 0.6 is 0 Å². The lowest BCUT2D eigenvalue weighted by Gasteiger charge is -1.95. The Morgan fingerprint density at radius 3 is 2.82 bits per heavy atom. The van der Waals surface area contributed by atoms with Crippen LogP contribution in [0.15, 0.2) is 37.3 Å². The van der Waals surface area contributed by atoms with Gasteiger partial charge in [-0.2, -0.15) is 0 Å². The Balaban J connectivity index is 2.47. The van der Waals surface area contributed by atoms with Gasteiger partial charge in [0.05, 0.1) is 5.52 Å². The number of nitrogens with one attached hydrogen (secondary N) is 1. The molecule has 1 N–H and O–H groups in total. The lowest BCUT2D eigenvalue weighted by Crippen LogP contribution is -1.82. The van der Waals surface area contributed by atoms with E-state index in [0.29, 0.717) is 5.65 Å². The van der Waals surface area contributed by atoms with Gasteiger partial charge in [0.15, 0.2) is 5.65 Å². The Morgan fingerprint density at radius 2 is 1.82 bits per heavy atom. The summed E-state index contributed by atoms with van der Waals surface area (Å²) in [5.74, 6) is 0. The predicted octanol–water partition coefficient (Wildman–Crippen LogP) is 2.05. The number of hydrogen-bond donors (Lipinski definition) is 1. The topological polar surface area (TPSA) is 67.3 Å². The van der Waals surface area contributed by atoms with Crippen molar-refractivity contribution in [2.75, 3.05) is 0 Å². The SMILES string of the molecule is c1ncc2c(n1)ncc1cnc3c[nH]cc2c13. The Morgan fingerprint density at radius 1 is 0.882 bits per heavy atom. The van der Waals surface area contributed by atoms with Gasteiger partial charge in [-0.15, -0.1) is 0 Å². The zero-order chi connectivity index (χ0) is 11.2. The zero-order valence-electron chi connectivity index (χ0n) is 8.75. The van der Waals surface area contributed by atoms with Crippen LogP contribution in [-0.4, -0.2) is 24.9 Å². The second kappa shape index (κ2) is 2.98. The molecule has 0 unspecified atom stereocenters. The molecular weight excluding hydrogens is 214 g/mol. The molecule has 0 fully saturated rings. The summed E-state index contributed by atoms with van der Waals surface area (Å²) in [6.45, 7) is 0. The summed E-state index contributed by atoms with van der Waals surface area (Å²) in [4.78, 5) is 20.1. The van der Waals surface area contributed by atoms with E-state index in [0.717, 1.165) is 27.1 Å². The first-order valence-electron chi connectivity index (χ1n) is 5.23. The maximum absolute atomic E-state index is 4.37. The minimum Gasteiger partial charge on any atom is -0.365 e. The lowest BCUT2D eigenvalue weighted by molar-refractivity contribution is 1.19. The summed E-state index contributed by atoms with van der Waals surface area (Å²) >= 11 is 0. The molecule has 0 atom stereocenters. The van der Waals surface area contributed by atoms with Crippen molar-refractivity contribution in [1.82, 2.24) is 24.9 Å². The van der Waals surface area contributed by atoms with Gasteiger partial charge in [0.2, 0.25) is 0 Å². The van der Waals surface area contributed by atoms with E-state index in [-0.39, 0.29) is 0 Å². The molecule has 4 aromatic heterocycles. The molecule has 0 bridgehead atoms. The van der Waals surface area contributed by atoms with E-state index in [2.05, 4.69) is 24.9 Å². The average molecular weight is 221 g/mol. The number of aromatic nitrogens is 5. The number of nitrogens with zero attached hydrogens (tertiary/aromatic N) is 4. The number of pyridine rings is 1. The molecule has 5 heteroatoms. The van der Waals surface area contributed by atoms with Crippen LogP contribution in [0, 0.1) is 0 Å². The minimum atomic E-state index is 0.692. The summed E-state index contributed by atoms with van der Waals surface area (Å²) in [5.41, 5.74) is 1.62. The third kappa shape index (κ3) is 1.08. The highest BCUT2D eigenvalue weighted by atomic mass is 14.9. The zero-order valence-corrected chi connectivity index (χ0v) is 8.75. The van der Waals surface area contributed by atoms with Crippen molar-refractivity contribution >= 4 is 32.7 Å². The van der Waals surface area contributed by atoms with Crippen molar-refractivity contribution in [3.8, 4) is 0 Å². The largest absolute Gasteiger partial charge is 0.365 e. The summed E-state index contributed by atoms with van der Waals surface area (Å²) in [6.07, 6.45) is 10.7. The van der Waals surface area contributed by atoms with Crippen LogP contribution in [0.1, 0.15) is 0 Å². The Kier molecular flexibility index (Phi) is 1.50. The molecule has 4 rings (SSSR count). The van der Waals surface area contributed by atoms with Gasteiger partial charge in [-0.1, -0.05) is 0 Å². The fraction of sp³-hybridized carbons (Fsp3) is 0. The van der Waals surface area contributed by atoms with Crippen LogP contribution in [-0.2, 0) is 0 Å². The number of aromatic amines is 1. The normalized spacial score (nSPS) is 11.5. The van der Waals surface area contributed by atoms with Crippen LogP contribution in [0.5, 0.6) is 0 Å². The lowest BCUT2D eigenvalue weighted by atomic mass is 10.1. The molecular formula is C12H7N5. The maximum atomic E-state index is 4.37. The smallest absolute Gasteiger partial charge is 0.163 e. The van der Waals surface area contributed by atoms with Gasteiger partial charge >= 0.3 is 0 Å². The summed E-state index contributed by atoms with van der Waals surface area (Å²) in [7, 11) is 0. The molecule has 0 spiro atoms. The molecule has 80 valence electrons. The van der Waals surface area contributed by atoms with E-state index >= 15 is 0 Å². The summed E-state index contributed by atoms with van der Waals surface area (Å²) in [6, 6.07) is 0. The first kappa shape index (κ1) is 8.58. The summed E-state index contributed by atoms with van der Waals surface area (Å²) in [5, 5.41) is 4.09. The average Bonchev–Trinajstić information content (AvgIpc) is 2.72. The monoisotopic (exact) mass is 221 g/mol. The quantitative estimate of drug-likeness (QED) is 0.493. The fourth-order valence-corrected chi connectivity index (χ4v) is 2.15. The van der Waals surface area contributed by atoms with Crippen molar-refractivity contribution in [2.45, 2.75) is 0 Å². The van der Waals surface area contributed by atoms with Crippen molar-refractivity contribution < 1.29 is 0 Å². The minimum absolute atomic E-state index is 0.692. The maximum Gasteiger partial charge on any atom is 0.163 e. The van der Waals surface area contributed by atoms with Gasteiger partial charge in [0.25, 0.3) is 0 Å². The highest BCUT2D eigenvalue weighted by molar-refractivity contribution is 6.16. The van der Waals surface area contributed by atoms with Crippen LogP contribution < -0.4 is 0 Å². The Hall–Kier alpha value is -2.56. The standard InChI is InChI=1S/C12H7N5/c1-7-2-16-12-9(4-14-6-17-12)8-3-13-5-10(15-1)11(7)8/h1-6,13H. The van der Waals surface area contributed by atoms with Crippen LogP contribution in [0.25, 0.3) is 32.7 Å². The Labute approximate surface area is 95.6 Å². The van der Waals surface area contributed by atoms with Crippen LogP contribution in [0.2, 0.25) is 0 Å². The van der Waals surface area contributed by atoms with E-state index in [1.165, 1.54) is 6.33 Å². The molecule has 17 heavy (non-hydrogen) atoms. The molecule has 0 aliphatic heterocycles. The van der Waals surface area contributed by atoms with Crippen molar-refractivity contribution in [3.05, 3.63) is 37.3 Å². The second-order valence-electron chi connectivity index (χ2n) is 3.86. The van der Waals surface area contributed by atoms with Gasteiger partial charge in [-0.05, 0) is 0 Å². The molecule has 4 heterocycles. The van der Waals surface area contributed by atoms with E-state index in [4.69, 9.17) is 0 Å². The summed E-state index contributed by atoms with van der Waals surface area (Å²) < 4.78 is 0. The molecule has 0 amide bonds. The van der Waals surface area contributed by atoms with Crippen molar-refractivity contribution in [1.29, 1.82) is 0 Å². The number of rotatable bonds is 0. The van der Waals surface area contributed by atoms with Crippen LogP contribution in [0.4, 0.5) is 0 Å². The van der Waals surface area contributed by atoms with Gasteiger partial charge < -0.3 is 4.98 Å².